The maximum Gasteiger partial charge on any atom is 0.131 e. The van der Waals surface area contributed by atoms with Crippen molar-refractivity contribution in [2.45, 2.75) is 0 Å². The minimum absolute atomic E-state index is 0.0181. The third-order valence-corrected chi connectivity index (χ3v) is 2.00. The molecule has 0 amide bonds. The molecule has 2 rings (SSSR count). The molecule has 0 atom stereocenters. The fraction of sp³-hybridized carbons (Fsp3) is 0. The van der Waals surface area contributed by atoms with Crippen molar-refractivity contribution in [2.24, 2.45) is 0 Å². The van der Waals surface area contributed by atoms with Crippen LogP contribution >= 0.6 is 0 Å². The Hall–Kier alpha value is -2.72. The van der Waals surface area contributed by atoms with Crippen LogP contribution in [0.1, 0.15) is 5.69 Å². The van der Waals surface area contributed by atoms with Gasteiger partial charge in [-0.05, 0) is 18.2 Å². The molecule has 0 saturated carbocycles. The maximum absolute atomic E-state index is 8.61. The van der Waals surface area contributed by atoms with Crippen LogP contribution in [-0.2, 0) is 0 Å². The predicted octanol–water partition coefficient (Wildman–Crippen LogP) is 2.06. The Morgan fingerprint density at radius 2 is 1.81 bits per heavy atom. The summed E-state index contributed by atoms with van der Waals surface area (Å²) in [5.74, 6) is 0. The highest BCUT2D eigenvalue weighted by molar-refractivity contribution is 5.75. The van der Waals surface area contributed by atoms with Crippen molar-refractivity contribution in [3.05, 3.63) is 41.7 Å². The van der Waals surface area contributed by atoms with Crippen LogP contribution in [-0.4, -0.2) is 9.97 Å². The molecule has 0 saturated heterocycles. The third kappa shape index (κ3) is 1.87. The summed E-state index contributed by atoms with van der Waals surface area (Å²) in [5, 5.41) is 17.2. The van der Waals surface area contributed by atoms with Gasteiger partial charge in [0.05, 0.1) is 22.9 Å². The van der Waals surface area contributed by atoms with Gasteiger partial charge in [-0.1, -0.05) is 12.1 Å². The number of allylic oxidation sites excluding steroid dienone is 1. The number of benzene rings is 1. The van der Waals surface area contributed by atoms with Gasteiger partial charge >= 0.3 is 0 Å². The number of hydrogen-bond acceptors (Lipinski definition) is 4. The molecule has 0 aliphatic carbocycles. The molecule has 0 aliphatic rings. The van der Waals surface area contributed by atoms with Gasteiger partial charge in [0.25, 0.3) is 0 Å². The maximum atomic E-state index is 8.61. The number of hydrogen-bond donors (Lipinski definition) is 0. The first-order valence-corrected chi connectivity index (χ1v) is 4.57. The van der Waals surface area contributed by atoms with Crippen molar-refractivity contribution >= 4 is 17.1 Å². The summed E-state index contributed by atoms with van der Waals surface area (Å²) >= 11 is 0. The van der Waals surface area contributed by atoms with Gasteiger partial charge in [-0.25, -0.2) is 4.98 Å². The normalized spacial score (nSPS) is 9.12. The lowest BCUT2D eigenvalue weighted by atomic mass is 10.2. The van der Waals surface area contributed by atoms with E-state index in [4.69, 9.17) is 10.5 Å². The molecule has 74 valence electrons. The van der Waals surface area contributed by atoms with Crippen LogP contribution in [0.2, 0.25) is 0 Å². The lowest BCUT2D eigenvalue weighted by Gasteiger charge is -1.96. The van der Waals surface area contributed by atoms with E-state index in [1.807, 2.05) is 24.3 Å². The molecular formula is C12H6N4. The van der Waals surface area contributed by atoms with Gasteiger partial charge < -0.3 is 0 Å². The summed E-state index contributed by atoms with van der Waals surface area (Å²) in [4.78, 5) is 8.45. The lowest BCUT2D eigenvalue weighted by Crippen LogP contribution is -1.87. The van der Waals surface area contributed by atoms with Gasteiger partial charge in [-0.15, -0.1) is 0 Å². The van der Waals surface area contributed by atoms with E-state index in [1.165, 1.54) is 12.3 Å². The van der Waals surface area contributed by atoms with Gasteiger partial charge in [0.1, 0.15) is 17.7 Å². The van der Waals surface area contributed by atoms with Crippen LogP contribution in [0.4, 0.5) is 0 Å². The number of para-hydroxylation sites is 2. The molecule has 0 bridgehead atoms. The highest BCUT2D eigenvalue weighted by Gasteiger charge is 1.98. The van der Waals surface area contributed by atoms with Gasteiger partial charge in [0, 0.05) is 0 Å². The topological polar surface area (TPSA) is 73.4 Å². The Morgan fingerprint density at radius 3 is 2.50 bits per heavy atom. The van der Waals surface area contributed by atoms with Crippen LogP contribution in [0.15, 0.2) is 36.0 Å². The lowest BCUT2D eigenvalue weighted by molar-refractivity contribution is 1.26. The van der Waals surface area contributed by atoms with E-state index in [-0.39, 0.29) is 5.57 Å². The second-order valence-corrected chi connectivity index (χ2v) is 3.07. The Bertz CT molecular complexity index is 628. The fourth-order valence-electron chi connectivity index (χ4n) is 1.28. The van der Waals surface area contributed by atoms with Crippen molar-refractivity contribution in [1.82, 2.24) is 9.97 Å². The predicted molar refractivity (Wildman–Crippen MR) is 58.7 cm³/mol. The quantitative estimate of drug-likeness (QED) is 0.669. The second kappa shape index (κ2) is 4.20. The summed E-state index contributed by atoms with van der Waals surface area (Å²) in [7, 11) is 0. The number of aromatic nitrogens is 2. The highest BCUT2D eigenvalue weighted by Crippen LogP contribution is 2.10. The van der Waals surface area contributed by atoms with E-state index in [0.717, 1.165) is 11.0 Å². The molecule has 2 aromatic rings. The molecule has 0 N–H and O–H groups in total. The molecule has 0 fully saturated rings. The summed E-state index contributed by atoms with van der Waals surface area (Å²) in [6.07, 6.45) is 2.95. The minimum Gasteiger partial charge on any atom is -0.252 e. The van der Waals surface area contributed by atoms with Crippen LogP contribution in [0.3, 0.4) is 0 Å². The van der Waals surface area contributed by atoms with Gasteiger partial charge in [0.2, 0.25) is 0 Å². The zero-order valence-electron chi connectivity index (χ0n) is 8.25. The number of rotatable bonds is 1. The van der Waals surface area contributed by atoms with E-state index >= 15 is 0 Å². The minimum atomic E-state index is 0.0181. The van der Waals surface area contributed by atoms with Gasteiger partial charge in [-0.3, -0.25) is 4.98 Å². The Morgan fingerprint density at radius 1 is 1.12 bits per heavy atom. The van der Waals surface area contributed by atoms with Crippen LogP contribution in [0.5, 0.6) is 0 Å². The van der Waals surface area contributed by atoms with Crippen molar-refractivity contribution in [1.29, 1.82) is 10.5 Å². The van der Waals surface area contributed by atoms with Gasteiger partial charge in [0.15, 0.2) is 0 Å². The molecule has 0 aliphatic heterocycles. The Balaban J connectivity index is 2.53. The van der Waals surface area contributed by atoms with E-state index in [2.05, 4.69) is 9.97 Å². The average molecular weight is 206 g/mol. The SMILES string of the molecule is N#CC(C#N)=Cc1cnc2ccccc2n1. The number of fused-ring (bicyclic) bond motifs is 1. The summed E-state index contributed by atoms with van der Waals surface area (Å²) in [6, 6.07) is 11.0. The van der Waals surface area contributed by atoms with E-state index < -0.39 is 0 Å². The molecule has 1 aromatic carbocycles. The zero-order chi connectivity index (χ0) is 11.4. The monoisotopic (exact) mass is 206 g/mol. The van der Waals surface area contributed by atoms with Crippen molar-refractivity contribution in [2.75, 3.05) is 0 Å². The van der Waals surface area contributed by atoms with Crippen LogP contribution < -0.4 is 0 Å². The van der Waals surface area contributed by atoms with Crippen LogP contribution in [0, 0.1) is 22.7 Å². The first-order valence-electron chi connectivity index (χ1n) is 4.57. The van der Waals surface area contributed by atoms with E-state index in [9.17, 15) is 0 Å². The fourth-order valence-corrected chi connectivity index (χ4v) is 1.28. The standard InChI is InChI=1S/C12H6N4/c13-6-9(7-14)5-10-8-15-11-3-1-2-4-12(11)16-10/h1-5,8H. The molecule has 1 aromatic heterocycles. The molecular weight excluding hydrogens is 200 g/mol. The van der Waals surface area contributed by atoms with Crippen molar-refractivity contribution < 1.29 is 0 Å². The largest absolute Gasteiger partial charge is 0.252 e. The van der Waals surface area contributed by atoms with Gasteiger partial charge in [-0.2, -0.15) is 10.5 Å². The first kappa shape index (κ1) is 9.82. The van der Waals surface area contributed by atoms with Crippen LogP contribution in [0.25, 0.3) is 17.1 Å². The van der Waals surface area contributed by atoms with E-state index in [0.29, 0.717) is 5.69 Å². The smallest absolute Gasteiger partial charge is 0.131 e. The molecule has 0 spiro atoms. The third-order valence-electron chi connectivity index (χ3n) is 2.00. The summed E-state index contributed by atoms with van der Waals surface area (Å²) in [6.45, 7) is 0. The second-order valence-electron chi connectivity index (χ2n) is 3.07. The molecule has 0 unspecified atom stereocenters. The molecule has 4 heteroatoms. The number of nitrogens with zero attached hydrogens (tertiary/aromatic N) is 4. The zero-order valence-corrected chi connectivity index (χ0v) is 8.25. The number of nitriles is 2. The Kier molecular flexibility index (Phi) is 2.58. The highest BCUT2D eigenvalue weighted by atomic mass is 14.8. The summed E-state index contributed by atoms with van der Waals surface area (Å²) in [5.41, 5.74) is 2.06. The van der Waals surface area contributed by atoms with Crippen molar-refractivity contribution in [3.63, 3.8) is 0 Å². The molecule has 0 radical (unpaired) electrons. The molecule has 16 heavy (non-hydrogen) atoms. The first-order chi connectivity index (χ1) is 7.83. The van der Waals surface area contributed by atoms with E-state index in [1.54, 1.807) is 12.1 Å². The average Bonchev–Trinajstić information content (AvgIpc) is 2.35. The summed E-state index contributed by atoms with van der Waals surface area (Å²) < 4.78 is 0. The van der Waals surface area contributed by atoms with Crippen molar-refractivity contribution in [3.8, 4) is 12.1 Å². The Labute approximate surface area is 92.1 Å². The molecule has 1 heterocycles. The molecule has 4 nitrogen and oxygen atoms in total.